The third-order valence-corrected chi connectivity index (χ3v) is 5.65. The number of ether oxygens (including phenoxy) is 1. The van der Waals surface area contributed by atoms with Crippen LogP contribution >= 0.6 is 15.9 Å². The predicted octanol–water partition coefficient (Wildman–Crippen LogP) is 2.05. The van der Waals surface area contributed by atoms with E-state index >= 15 is 0 Å². The van der Waals surface area contributed by atoms with E-state index in [1.165, 1.54) is 37.4 Å². The Morgan fingerprint density at radius 1 is 1.27 bits per heavy atom. The Labute approximate surface area is 157 Å². The Kier molecular flexibility index (Phi) is 5.83. The molecule has 26 heavy (non-hydrogen) atoms. The SMILES string of the molecule is COc1ccc([N+](=O)[O-])cc1N(CC(N)=O)S(=O)(=O)c1ccc(Br)cc1. The van der Waals surface area contributed by atoms with Gasteiger partial charge in [-0.3, -0.25) is 19.2 Å². The number of benzene rings is 2. The molecule has 0 bridgehead atoms. The van der Waals surface area contributed by atoms with Gasteiger partial charge >= 0.3 is 0 Å². The van der Waals surface area contributed by atoms with Crippen molar-refractivity contribution in [3.63, 3.8) is 0 Å². The summed E-state index contributed by atoms with van der Waals surface area (Å²) in [5, 5.41) is 11.1. The van der Waals surface area contributed by atoms with Gasteiger partial charge in [0.25, 0.3) is 15.7 Å². The second kappa shape index (κ2) is 7.70. The minimum Gasteiger partial charge on any atom is -0.495 e. The molecule has 0 aromatic heterocycles. The molecule has 11 heteroatoms. The smallest absolute Gasteiger partial charge is 0.271 e. The lowest BCUT2D eigenvalue weighted by Gasteiger charge is -2.24. The van der Waals surface area contributed by atoms with E-state index in [-0.39, 0.29) is 22.0 Å². The fraction of sp³-hybridized carbons (Fsp3) is 0.133. The number of methoxy groups -OCH3 is 1. The van der Waals surface area contributed by atoms with E-state index in [9.17, 15) is 23.3 Å². The normalized spacial score (nSPS) is 11.0. The summed E-state index contributed by atoms with van der Waals surface area (Å²) in [6, 6.07) is 9.11. The van der Waals surface area contributed by atoms with E-state index in [4.69, 9.17) is 10.5 Å². The van der Waals surface area contributed by atoms with Crippen LogP contribution in [0.5, 0.6) is 5.75 Å². The van der Waals surface area contributed by atoms with Gasteiger partial charge in [-0.15, -0.1) is 0 Å². The van der Waals surface area contributed by atoms with Crippen molar-refractivity contribution in [2.24, 2.45) is 5.73 Å². The highest BCUT2D eigenvalue weighted by Gasteiger charge is 2.30. The zero-order valence-electron chi connectivity index (χ0n) is 13.5. The Hall–Kier alpha value is -2.66. The first-order valence-corrected chi connectivity index (χ1v) is 9.29. The van der Waals surface area contributed by atoms with E-state index < -0.39 is 27.4 Å². The number of carbonyl (C=O) groups excluding carboxylic acids is 1. The van der Waals surface area contributed by atoms with Crippen LogP contribution in [0.4, 0.5) is 11.4 Å². The van der Waals surface area contributed by atoms with Crippen molar-refractivity contribution in [2.75, 3.05) is 18.0 Å². The maximum atomic E-state index is 13.0. The molecule has 0 spiro atoms. The molecule has 0 atom stereocenters. The molecule has 2 N–H and O–H groups in total. The van der Waals surface area contributed by atoms with E-state index in [2.05, 4.69) is 15.9 Å². The van der Waals surface area contributed by atoms with Crippen LogP contribution in [-0.4, -0.2) is 32.9 Å². The van der Waals surface area contributed by atoms with Crippen molar-refractivity contribution in [1.29, 1.82) is 0 Å². The summed E-state index contributed by atoms with van der Waals surface area (Å²) in [4.78, 5) is 21.7. The summed E-state index contributed by atoms with van der Waals surface area (Å²) < 4.78 is 32.5. The lowest BCUT2D eigenvalue weighted by Crippen LogP contribution is -2.38. The number of hydrogen-bond acceptors (Lipinski definition) is 6. The monoisotopic (exact) mass is 443 g/mol. The predicted molar refractivity (Wildman–Crippen MR) is 97.5 cm³/mol. The molecule has 2 aromatic carbocycles. The van der Waals surface area contributed by atoms with Crippen molar-refractivity contribution in [3.05, 3.63) is 57.1 Å². The molecule has 2 aromatic rings. The topological polar surface area (TPSA) is 133 Å². The molecule has 0 fully saturated rings. The number of nitro groups is 1. The number of sulfonamides is 1. The Bertz CT molecular complexity index is 946. The number of carbonyl (C=O) groups is 1. The van der Waals surface area contributed by atoms with Crippen molar-refractivity contribution in [3.8, 4) is 5.75 Å². The van der Waals surface area contributed by atoms with Crippen LogP contribution in [0.1, 0.15) is 0 Å². The van der Waals surface area contributed by atoms with Crippen LogP contribution in [0.2, 0.25) is 0 Å². The average Bonchev–Trinajstić information content (AvgIpc) is 2.59. The summed E-state index contributed by atoms with van der Waals surface area (Å²) in [5.74, 6) is -0.892. The van der Waals surface area contributed by atoms with Gasteiger partial charge in [-0.1, -0.05) is 15.9 Å². The molecule has 0 aliphatic carbocycles. The number of nitrogens with zero attached hydrogens (tertiary/aromatic N) is 2. The van der Waals surface area contributed by atoms with Crippen molar-refractivity contribution in [1.82, 2.24) is 0 Å². The molecule has 0 radical (unpaired) electrons. The highest BCUT2D eigenvalue weighted by atomic mass is 79.9. The zero-order chi connectivity index (χ0) is 19.5. The van der Waals surface area contributed by atoms with E-state index in [0.717, 1.165) is 12.1 Å². The quantitative estimate of drug-likeness (QED) is 0.513. The molecular weight excluding hydrogens is 430 g/mol. The summed E-state index contributed by atoms with van der Waals surface area (Å²) in [7, 11) is -2.95. The maximum Gasteiger partial charge on any atom is 0.271 e. The van der Waals surface area contributed by atoms with Gasteiger partial charge in [0.15, 0.2) is 0 Å². The first-order valence-electron chi connectivity index (χ1n) is 7.06. The zero-order valence-corrected chi connectivity index (χ0v) is 15.9. The van der Waals surface area contributed by atoms with Crippen LogP contribution in [-0.2, 0) is 14.8 Å². The minimum absolute atomic E-state index is 0.0394. The van der Waals surface area contributed by atoms with E-state index in [0.29, 0.717) is 8.78 Å². The number of primary amides is 1. The molecule has 2 rings (SSSR count). The van der Waals surface area contributed by atoms with Gasteiger partial charge in [0.2, 0.25) is 5.91 Å². The highest BCUT2D eigenvalue weighted by Crippen LogP contribution is 2.35. The number of halogens is 1. The largest absolute Gasteiger partial charge is 0.495 e. The van der Waals surface area contributed by atoms with Crippen LogP contribution in [0.15, 0.2) is 51.8 Å². The third-order valence-electron chi connectivity index (χ3n) is 3.34. The van der Waals surface area contributed by atoms with Gasteiger partial charge in [0, 0.05) is 16.6 Å². The number of amides is 1. The van der Waals surface area contributed by atoms with Crippen molar-refractivity contribution < 1.29 is 22.9 Å². The molecule has 138 valence electrons. The summed E-state index contributed by atoms with van der Waals surface area (Å²) >= 11 is 3.21. The van der Waals surface area contributed by atoms with Gasteiger partial charge in [0.05, 0.1) is 16.9 Å². The number of rotatable bonds is 7. The Morgan fingerprint density at radius 2 is 1.88 bits per heavy atom. The first-order chi connectivity index (χ1) is 12.2. The average molecular weight is 444 g/mol. The summed E-state index contributed by atoms with van der Waals surface area (Å²) in [6.07, 6.45) is 0. The lowest BCUT2D eigenvalue weighted by molar-refractivity contribution is -0.384. The van der Waals surface area contributed by atoms with Crippen molar-refractivity contribution in [2.45, 2.75) is 4.90 Å². The first kappa shape index (κ1) is 19.7. The lowest BCUT2D eigenvalue weighted by atomic mass is 10.2. The molecular formula is C15H14BrN3O6S. The Balaban J connectivity index is 2.68. The van der Waals surface area contributed by atoms with Crippen LogP contribution in [0.3, 0.4) is 0 Å². The van der Waals surface area contributed by atoms with Crippen LogP contribution in [0, 0.1) is 10.1 Å². The molecule has 0 aliphatic rings. The Morgan fingerprint density at radius 3 is 2.38 bits per heavy atom. The van der Waals surface area contributed by atoms with Gasteiger partial charge in [-0.25, -0.2) is 8.42 Å². The molecule has 0 unspecified atom stereocenters. The molecule has 0 saturated carbocycles. The number of anilines is 1. The van der Waals surface area contributed by atoms with Gasteiger partial charge in [0.1, 0.15) is 18.0 Å². The maximum absolute atomic E-state index is 13.0. The number of nitrogens with two attached hydrogens (primary N) is 1. The highest BCUT2D eigenvalue weighted by molar-refractivity contribution is 9.10. The van der Waals surface area contributed by atoms with E-state index in [1.54, 1.807) is 0 Å². The third kappa shape index (κ3) is 4.11. The second-order valence-electron chi connectivity index (χ2n) is 5.05. The number of hydrogen-bond donors (Lipinski definition) is 1. The van der Waals surface area contributed by atoms with Crippen LogP contribution in [0.25, 0.3) is 0 Å². The summed E-state index contributed by atoms with van der Waals surface area (Å²) in [6.45, 7) is -0.712. The molecule has 0 aliphatic heterocycles. The second-order valence-corrected chi connectivity index (χ2v) is 7.82. The molecule has 9 nitrogen and oxygen atoms in total. The molecule has 0 saturated heterocycles. The van der Waals surface area contributed by atoms with Crippen LogP contribution < -0.4 is 14.8 Å². The fourth-order valence-corrected chi connectivity index (χ4v) is 3.86. The van der Waals surface area contributed by atoms with Crippen molar-refractivity contribution >= 4 is 43.2 Å². The summed E-state index contributed by atoms with van der Waals surface area (Å²) in [5.41, 5.74) is 4.67. The van der Waals surface area contributed by atoms with Gasteiger partial charge < -0.3 is 10.5 Å². The number of nitro benzene ring substituents is 1. The fourth-order valence-electron chi connectivity index (χ4n) is 2.16. The standard InChI is InChI=1S/C15H14BrN3O6S/c1-25-14-7-4-11(19(21)22)8-13(14)18(9-15(17)20)26(23,24)12-5-2-10(16)3-6-12/h2-8H,9H2,1H3,(H2,17,20). The molecule has 1 amide bonds. The molecule has 0 heterocycles. The van der Waals surface area contributed by atoms with Gasteiger partial charge in [-0.05, 0) is 30.3 Å². The van der Waals surface area contributed by atoms with Gasteiger partial charge in [-0.2, -0.15) is 0 Å². The van der Waals surface area contributed by atoms with E-state index in [1.807, 2.05) is 0 Å². The minimum atomic E-state index is -4.23. The number of non-ortho nitro benzene ring substituents is 1.